The molecule has 1 aliphatic carbocycles. The number of aliphatic hydroxyl groups is 1. The number of benzene rings is 1. The Bertz CT molecular complexity index is 356. The van der Waals surface area contributed by atoms with E-state index in [0.29, 0.717) is 5.92 Å². The molecule has 3 heteroatoms. The minimum absolute atomic E-state index is 0.00396. The first kappa shape index (κ1) is 12.2. The number of hydrogen-bond donors (Lipinski definition) is 1. The van der Waals surface area contributed by atoms with Crippen LogP contribution in [-0.4, -0.2) is 18.8 Å². The molecule has 0 amide bonds. The lowest BCUT2D eigenvalue weighted by molar-refractivity contribution is 0.233. The highest BCUT2D eigenvalue weighted by Crippen LogP contribution is 2.28. The van der Waals surface area contributed by atoms with Crippen LogP contribution in [0.4, 0.5) is 0 Å². The summed E-state index contributed by atoms with van der Waals surface area (Å²) in [6.45, 7) is 0.754. The maximum absolute atomic E-state index is 9.25. The zero-order valence-corrected chi connectivity index (χ0v) is 10.3. The molecule has 17 heavy (non-hydrogen) atoms. The number of aliphatic hydroxyl groups excluding tert-OH is 1. The van der Waals surface area contributed by atoms with Gasteiger partial charge in [-0.3, -0.25) is 0 Å². The molecule has 3 nitrogen and oxygen atoms in total. The van der Waals surface area contributed by atoms with Crippen LogP contribution in [0.3, 0.4) is 0 Å². The molecule has 0 aliphatic heterocycles. The van der Waals surface area contributed by atoms with Gasteiger partial charge < -0.3 is 14.6 Å². The topological polar surface area (TPSA) is 38.7 Å². The Hall–Kier alpha value is -1.22. The standard InChI is InChI=1S/C14H20O3/c1-16-13-7-6-12(9-15)14(8-13)17-10-11-4-2-3-5-11/h6-8,11,15H,2-5,9-10H2,1H3. The number of methoxy groups -OCH3 is 1. The fourth-order valence-electron chi connectivity index (χ4n) is 2.31. The maximum Gasteiger partial charge on any atom is 0.128 e. The first-order chi connectivity index (χ1) is 8.33. The van der Waals surface area contributed by atoms with Crippen molar-refractivity contribution in [3.8, 4) is 11.5 Å². The van der Waals surface area contributed by atoms with E-state index in [-0.39, 0.29) is 6.61 Å². The van der Waals surface area contributed by atoms with E-state index in [1.165, 1.54) is 25.7 Å². The second-order valence-electron chi connectivity index (χ2n) is 4.59. The summed E-state index contributed by atoms with van der Waals surface area (Å²) < 4.78 is 11.0. The third-order valence-corrected chi connectivity index (χ3v) is 3.39. The Morgan fingerprint density at radius 3 is 2.71 bits per heavy atom. The van der Waals surface area contributed by atoms with Crippen LogP contribution in [-0.2, 0) is 6.61 Å². The molecule has 0 bridgehead atoms. The molecule has 1 aromatic carbocycles. The zero-order chi connectivity index (χ0) is 12.1. The van der Waals surface area contributed by atoms with Crippen LogP contribution < -0.4 is 9.47 Å². The maximum atomic E-state index is 9.25. The normalized spacial score (nSPS) is 16.1. The van der Waals surface area contributed by atoms with Gasteiger partial charge in [0.15, 0.2) is 0 Å². The van der Waals surface area contributed by atoms with Crippen molar-refractivity contribution in [2.75, 3.05) is 13.7 Å². The molecule has 1 fully saturated rings. The van der Waals surface area contributed by atoms with Crippen molar-refractivity contribution in [2.45, 2.75) is 32.3 Å². The van der Waals surface area contributed by atoms with E-state index in [1.54, 1.807) is 7.11 Å². The number of ether oxygens (including phenoxy) is 2. The molecule has 1 aromatic rings. The van der Waals surface area contributed by atoms with Gasteiger partial charge in [-0.15, -0.1) is 0 Å². The van der Waals surface area contributed by atoms with Gasteiger partial charge in [-0.25, -0.2) is 0 Å². The summed E-state index contributed by atoms with van der Waals surface area (Å²) in [7, 11) is 1.63. The van der Waals surface area contributed by atoms with Gasteiger partial charge in [-0.05, 0) is 30.9 Å². The van der Waals surface area contributed by atoms with Gasteiger partial charge in [0, 0.05) is 11.6 Å². The van der Waals surface area contributed by atoms with Crippen molar-refractivity contribution < 1.29 is 14.6 Å². The average molecular weight is 236 g/mol. The van der Waals surface area contributed by atoms with Crippen molar-refractivity contribution in [1.29, 1.82) is 0 Å². The van der Waals surface area contributed by atoms with Gasteiger partial charge in [0.25, 0.3) is 0 Å². The van der Waals surface area contributed by atoms with E-state index in [9.17, 15) is 5.11 Å². The van der Waals surface area contributed by atoms with Gasteiger partial charge in [-0.1, -0.05) is 12.8 Å². The molecule has 0 saturated heterocycles. The summed E-state index contributed by atoms with van der Waals surface area (Å²) in [5, 5.41) is 9.25. The molecule has 1 aliphatic rings. The van der Waals surface area contributed by atoms with Crippen LogP contribution >= 0.6 is 0 Å². The Morgan fingerprint density at radius 1 is 1.29 bits per heavy atom. The monoisotopic (exact) mass is 236 g/mol. The number of hydrogen-bond acceptors (Lipinski definition) is 3. The lowest BCUT2D eigenvalue weighted by Crippen LogP contribution is -2.09. The van der Waals surface area contributed by atoms with Crippen LogP contribution in [0.15, 0.2) is 18.2 Å². The van der Waals surface area contributed by atoms with Crippen LogP contribution in [0.25, 0.3) is 0 Å². The third-order valence-electron chi connectivity index (χ3n) is 3.39. The Kier molecular flexibility index (Phi) is 4.26. The highest BCUT2D eigenvalue weighted by atomic mass is 16.5. The predicted octanol–water partition coefficient (Wildman–Crippen LogP) is 2.76. The van der Waals surface area contributed by atoms with Gasteiger partial charge in [0.2, 0.25) is 0 Å². The Labute approximate surface area is 102 Å². The van der Waals surface area contributed by atoms with E-state index >= 15 is 0 Å². The van der Waals surface area contributed by atoms with E-state index in [0.717, 1.165) is 23.7 Å². The van der Waals surface area contributed by atoms with Crippen LogP contribution in [0.2, 0.25) is 0 Å². The van der Waals surface area contributed by atoms with E-state index in [1.807, 2.05) is 18.2 Å². The lowest BCUT2D eigenvalue weighted by atomic mass is 10.1. The fraction of sp³-hybridized carbons (Fsp3) is 0.571. The quantitative estimate of drug-likeness (QED) is 0.854. The van der Waals surface area contributed by atoms with E-state index in [4.69, 9.17) is 9.47 Å². The van der Waals surface area contributed by atoms with Crippen molar-refractivity contribution >= 4 is 0 Å². The molecule has 94 valence electrons. The van der Waals surface area contributed by atoms with Gasteiger partial charge >= 0.3 is 0 Å². The largest absolute Gasteiger partial charge is 0.497 e. The van der Waals surface area contributed by atoms with Gasteiger partial charge in [0.1, 0.15) is 11.5 Å². The molecule has 0 heterocycles. The first-order valence-electron chi connectivity index (χ1n) is 6.24. The van der Waals surface area contributed by atoms with E-state index in [2.05, 4.69) is 0 Å². The predicted molar refractivity (Wildman–Crippen MR) is 66.4 cm³/mol. The molecular formula is C14H20O3. The minimum atomic E-state index is 0.00396. The summed E-state index contributed by atoms with van der Waals surface area (Å²) in [5.41, 5.74) is 0.823. The highest BCUT2D eigenvalue weighted by molar-refractivity contribution is 5.40. The smallest absolute Gasteiger partial charge is 0.128 e. The van der Waals surface area contributed by atoms with Crippen molar-refractivity contribution in [3.05, 3.63) is 23.8 Å². The summed E-state index contributed by atoms with van der Waals surface area (Å²) >= 11 is 0. The first-order valence-corrected chi connectivity index (χ1v) is 6.24. The molecule has 0 radical (unpaired) electrons. The Morgan fingerprint density at radius 2 is 2.06 bits per heavy atom. The Balaban J connectivity index is 2.01. The van der Waals surface area contributed by atoms with Crippen molar-refractivity contribution in [1.82, 2.24) is 0 Å². The van der Waals surface area contributed by atoms with Crippen LogP contribution in [0.5, 0.6) is 11.5 Å². The van der Waals surface area contributed by atoms with E-state index < -0.39 is 0 Å². The van der Waals surface area contributed by atoms with Crippen LogP contribution in [0.1, 0.15) is 31.2 Å². The SMILES string of the molecule is COc1ccc(CO)c(OCC2CCCC2)c1. The molecule has 0 unspecified atom stereocenters. The third kappa shape index (κ3) is 3.13. The molecule has 0 atom stereocenters. The molecule has 2 rings (SSSR count). The molecule has 0 aromatic heterocycles. The highest BCUT2D eigenvalue weighted by Gasteiger charge is 2.16. The second-order valence-corrected chi connectivity index (χ2v) is 4.59. The molecule has 1 saturated carbocycles. The second kappa shape index (κ2) is 5.92. The summed E-state index contributed by atoms with van der Waals surface area (Å²) in [6, 6.07) is 5.54. The molecular weight excluding hydrogens is 216 g/mol. The fourth-order valence-corrected chi connectivity index (χ4v) is 2.31. The van der Waals surface area contributed by atoms with Crippen molar-refractivity contribution in [2.24, 2.45) is 5.92 Å². The minimum Gasteiger partial charge on any atom is -0.497 e. The van der Waals surface area contributed by atoms with Crippen LogP contribution in [0, 0.1) is 5.92 Å². The van der Waals surface area contributed by atoms with Gasteiger partial charge in [-0.2, -0.15) is 0 Å². The lowest BCUT2D eigenvalue weighted by Gasteiger charge is -2.14. The van der Waals surface area contributed by atoms with Gasteiger partial charge in [0.05, 0.1) is 20.3 Å². The number of rotatable bonds is 5. The molecule has 0 spiro atoms. The average Bonchev–Trinajstić information content (AvgIpc) is 2.89. The summed E-state index contributed by atoms with van der Waals surface area (Å²) in [4.78, 5) is 0. The zero-order valence-electron chi connectivity index (χ0n) is 10.3. The molecule has 1 N–H and O–H groups in total. The summed E-state index contributed by atoms with van der Waals surface area (Å²) in [5.74, 6) is 2.19. The van der Waals surface area contributed by atoms with Crippen molar-refractivity contribution in [3.63, 3.8) is 0 Å². The summed E-state index contributed by atoms with van der Waals surface area (Å²) in [6.07, 6.45) is 5.16.